The lowest BCUT2D eigenvalue weighted by atomic mass is 10.0. The van der Waals surface area contributed by atoms with E-state index in [-0.39, 0.29) is 11.5 Å². The van der Waals surface area contributed by atoms with E-state index in [2.05, 4.69) is 14.9 Å². The summed E-state index contributed by atoms with van der Waals surface area (Å²) in [5, 5.41) is 2.00. The number of hydrogen-bond acceptors (Lipinski definition) is 7. The smallest absolute Gasteiger partial charge is 0.153 e. The summed E-state index contributed by atoms with van der Waals surface area (Å²) in [5.41, 5.74) is 0.371. The maximum absolute atomic E-state index is 11.8. The topological polar surface area (TPSA) is 72.4 Å². The summed E-state index contributed by atoms with van der Waals surface area (Å²) in [7, 11) is -2.97. The predicted molar refractivity (Wildman–Crippen MR) is 81.6 cm³/mol. The monoisotopic (exact) mass is 325 g/mol. The number of aromatic nitrogens is 2. The number of rotatable bonds is 1. The summed E-state index contributed by atoms with van der Waals surface area (Å²) >= 11 is 1.61. The molecule has 2 aromatic rings. The Bertz CT molecular complexity index is 789. The van der Waals surface area contributed by atoms with Crippen LogP contribution in [0.3, 0.4) is 0 Å². The van der Waals surface area contributed by atoms with E-state index in [9.17, 15) is 8.42 Å². The zero-order chi connectivity index (χ0) is 14.5. The van der Waals surface area contributed by atoms with E-state index >= 15 is 0 Å². The molecule has 4 rings (SSSR count). The first-order valence-corrected chi connectivity index (χ1v) is 9.55. The fourth-order valence-electron chi connectivity index (χ4n) is 3.15. The summed E-state index contributed by atoms with van der Waals surface area (Å²) in [6.07, 6.45) is 2.14. The summed E-state index contributed by atoms with van der Waals surface area (Å²) in [6, 6.07) is 1.97. The van der Waals surface area contributed by atoms with E-state index in [1.165, 1.54) is 0 Å². The van der Waals surface area contributed by atoms with Gasteiger partial charge in [-0.25, -0.2) is 18.4 Å². The average molecular weight is 325 g/mol. The van der Waals surface area contributed by atoms with Gasteiger partial charge in [-0.15, -0.1) is 11.3 Å². The standard InChI is InChI=1S/C13H15N3O3S2/c17-21(18)6-2-13(8-21)7-16(3-4-19-13)12-11-10(1-5-20-11)14-9-15-12/h1,5,9H,2-4,6-8H2/t13-/m1/s1. The van der Waals surface area contributed by atoms with E-state index in [4.69, 9.17) is 4.74 Å². The van der Waals surface area contributed by atoms with E-state index < -0.39 is 15.4 Å². The van der Waals surface area contributed by atoms with E-state index in [0.29, 0.717) is 19.6 Å². The molecule has 2 aromatic heterocycles. The fourth-order valence-corrected chi connectivity index (χ4v) is 5.96. The molecule has 8 heteroatoms. The Morgan fingerprint density at radius 2 is 2.29 bits per heavy atom. The van der Waals surface area contributed by atoms with E-state index in [1.54, 1.807) is 17.7 Å². The Balaban J connectivity index is 1.69. The molecule has 0 radical (unpaired) electrons. The number of nitrogens with zero attached hydrogens (tertiary/aromatic N) is 3. The first kappa shape index (κ1) is 13.4. The zero-order valence-electron chi connectivity index (χ0n) is 11.4. The van der Waals surface area contributed by atoms with Crippen LogP contribution in [0.2, 0.25) is 0 Å². The van der Waals surface area contributed by atoms with Gasteiger partial charge in [-0.2, -0.15) is 0 Å². The van der Waals surface area contributed by atoms with Crippen molar-refractivity contribution in [1.82, 2.24) is 9.97 Å². The maximum Gasteiger partial charge on any atom is 0.153 e. The van der Waals surface area contributed by atoms with Crippen LogP contribution in [0, 0.1) is 0 Å². The van der Waals surface area contributed by atoms with Crippen molar-refractivity contribution in [2.24, 2.45) is 0 Å². The van der Waals surface area contributed by atoms with Crippen LogP contribution in [0.5, 0.6) is 0 Å². The minimum atomic E-state index is -2.97. The third-order valence-electron chi connectivity index (χ3n) is 4.12. The molecule has 0 bridgehead atoms. The third kappa shape index (κ3) is 2.31. The van der Waals surface area contributed by atoms with Gasteiger partial charge in [0.2, 0.25) is 0 Å². The van der Waals surface area contributed by atoms with E-state index in [1.807, 2.05) is 11.4 Å². The molecule has 2 aliphatic heterocycles. The van der Waals surface area contributed by atoms with Crippen molar-refractivity contribution in [2.45, 2.75) is 12.0 Å². The Kier molecular flexibility index (Phi) is 2.95. The number of hydrogen-bond donors (Lipinski definition) is 0. The van der Waals surface area contributed by atoms with Crippen molar-refractivity contribution in [2.75, 3.05) is 36.1 Å². The molecule has 2 fully saturated rings. The molecule has 4 heterocycles. The number of sulfone groups is 1. The van der Waals surface area contributed by atoms with Crippen LogP contribution in [0.15, 0.2) is 17.8 Å². The summed E-state index contributed by atoms with van der Waals surface area (Å²) in [6.45, 7) is 1.84. The molecule has 2 aliphatic rings. The minimum absolute atomic E-state index is 0.120. The molecule has 0 aromatic carbocycles. The largest absolute Gasteiger partial charge is 0.370 e. The number of ether oxygens (including phenoxy) is 1. The highest BCUT2D eigenvalue weighted by Crippen LogP contribution is 2.35. The molecule has 1 atom stereocenters. The van der Waals surface area contributed by atoms with Crippen molar-refractivity contribution in [1.29, 1.82) is 0 Å². The Morgan fingerprint density at radius 3 is 3.10 bits per heavy atom. The average Bonchev–Trinajstić information content (AvgIpc) is 3.03. The summed E-state index contributed by atoms with van der Waals surface area (Å²) in [4.78, 5) is 10.8. The van der Waals surface area contributed by atoms with Crippen LogP contribution in [0.25, 0.3) is 10.2 Å². The fraction of sp³-hybridized carbons (Fsp3) is 0.538. The number of morpholine rings is 1. The van der Waals surface area contributed by atoms with Crippen molar-refractivity contribution < 1.29 is 13.2 Å². The Labute approximate surface area is 126 Å². The lowest BCUT2D eigenvalue weighted by Gasteiger charge is -2.40. The van der Waals surface area contributed by atoms with Gasteiger partial charge in [-0.1, -0.05) is 0 Å². The van der Waals surface area contributed by atoms with Gasteiger partial charge in [-0.3, -0.25) is 0 Å². The number of anilines is 1. The first-order chi connectivity index (χ1) is 10.1. The number of fused-ring (bicyclic) bond motifs is 1. The predicted octanol–water partition coefficient (Wildman–Crippen LogP) is 1.09. The van der Waals surface area contributed by atoms with Crippen LogP contribution >= 0.6 is 11.3 Å². The second-order valence-electron chi connectivity index (χ2n) is 5.63. The summed E-state index contributed by atoms with van der Waals surface area (Å²) < 4.78 is 30.5. The van der Waals surface area contributed by atoms with Crippen LogP contribution < -0.4 is 4.90 Å². The van der Waals surface area contributed by atoms with Crippen LogP contribution in [0.4, 0.5) is 5.82 Å². The molecule has 0 N–H and O–H groups in total. The maximum atomic E-state index is 11.8. The van der Waals surface area contributed by atoms with Gasteiger partial charge in [-0.05, 0) is 17.9 Å². The van der Waals surface area contributed by atoms with Crippen molar-refractivity contribution in [3.05, 3.63) is 17.8 Å². The van der Waals surface area contributed by atoms with Gasteiger partial charge in [0.1, 0.15) is 17.7 Å². The minimum Gasteiger partial charge on any atom is -0.370 e. The Morgan fingerprint density at radius 1 is 1.38 bits per heavy atom. The van der Waals surface area contributed by atoms with Gasteiger partial charge in [0.05, 0.1) is 28.3 Å². The van der Waals surface area contributed by atoms with Crippen molar-refractivity contribution in [3.63, 3.8) is 0 Å². The van der Waals surface area contributed by atoms with Crippen LogP contribution in [-0.2, 0) is 14.6 Å². The third-order valence-corrected chi connectivity index (χ3v) is 6.82. The normalized spacial score (nSPS) is 28.5. The molecule has 2 saturated heterocycles. The Hall–Kier alpha value is -1.25. The van der Waals surface area contributed by atoms with E-state index in [0.717, 1.165) is 22.6 Å². The number of thiophene rings is 1. The molecule has 112 valence electrons. The molecule has 0 amide bonds. The molecule has 21 heavy (non-hydrogen) atoms. The molecular formula is C13H15N3O3S2. The SMILES string of the molecule is O=S1(=O)CC[C@@]2(CN(c3ncnc4ccsc34)CCO2)C1. The molecule has 0 saturated carbocycles. The van der Waals surface area contributed by atoms with Crippen LogP contribution in [0.1, 0.15) is 6.42 Å². The lowest BCUT2D eigenvalue weighted by molar-refractivity contribution is -0.0361. The zero-order valence-corrected chi connectivity index (χ0v) is 13.0. The van der Waals surface area contributed by atoms with Crippen LogP contribution in [-0.4, -0.2) is 55.2 Å². The second-order valence-corrected chi connectivity index (χ2v) is 8.73. The molecular weight excluding hydrogens is 310 g/mol. The molecule has 0 aliphatic carbocycles. The second kappa shape index (κ2) is 4.62. The first-order valence-electron chi connectivity index (χ1n) is 6.85. The summed E-state index contributed by atoms with van der Waals surface area (Å²) in [5.74, 6) is 1.23. The molecule has 6 nitrogen and oxygen atoms in total. The highest BCUT2D eigenvalue weighted by atomic mass is 32.2. The molecule has 1 spiro atoms. The van der Waals surface area contributed by atoms with Gasteiger partial charge in [0.15, 0.2) is 9.84 Å². The quantitative estimate of drug-likeness (QED) is 0.781. The van der Waals surface area contributed by atoms with Gasteiger partial charge in [0, 0.05) is 13.1 Å². The highest BCUT2D eigenvalue weighted by molar-refractivity contribution is 7.91. The highest BCUT2D eigenvalue weighted by Gasteiger charge is 2.46. The molecule has 0 unspecified atom stereocenters. The van der Waals surface area contributed by atoms with Gasteiger partial charge < -0.3 is 9.64 Å². The van der Waals surface area contributed by atoms with Crippen molar-refractivity contribution in [3.8, 4) is 0 Å². The van der Waals surface area contributed by atoms with Gasteiger partial charge in [0.25, 0.3) is 0 Å². The lowest BCUT2D eigenvalue weighted by Crippen LogP contribution is -2.53. The van der Waals surface area contributed by atoms with Crippen molar-refractivity contribution >= 4 is 37.2 Å². The van der Waals surface area contributed by atoms with Gasteiger partial charge >= 0.3 is 0 Å².